The second-order valence-corrected chi connectivity index (χ2v) is 5.14. The number of halogens is 1. The van der Waals surface area contributed by atoms with Crippen LogP contribution in [-0.4, -0.2) is 15.4 Å². The Kier molecular flexibility index (Phi) is 3.65. The van der Waals surface area contributed by atoms with Crippen LogP contribution in [0, 0.1) is 3.57 Å². The van der Waals surface area contributed by atoms with E-state index in [0.717, 1.165) is 3.57 Å². The highest BCUT2D eigenvalue weighted by atomic mass is 127. The van der Waals surface area contributed by atoms with Gasteiger partial charge in [-0.3, -0.25) is 4.79 Å². The number of aromatic nitrogens is 2. The molecule has 1 aromatic heterocycles. The van der Waals surface area contributed by atoms with Crippen LogP contribution in [0.1, 0.15) is 20.8 Å². The number of ether oxygens (including phenoxy) is 1. The van der Waals surface area contributed by atoms with Crippen LogP contribution < -0.4 is 5.56 Å². The molecular formula is C9H13IN2O2. The van der Waals surface area contributed by atoms with Crippen molar-refractivity contribution in [3.8, 4) is 0 Å². The van der Waals surface area contributed by atoms with Crippen LogP contribution in [-0.2, 0) is 11.5 Å². The van der Waals surface area contributed by atoms with E-state index < -0.39 is 0 Å². The third kappa shape index (κ3) is 3.75. The average molecular weight is 308 g/mol. The minimum absolute atomic E-state index is 0.138. The van der Waals surface area contributed by atoms with E-state index in [1.165, 1.54) is 10.7 Å². The van der Waals surface area contributed by atoms with E-state index in [-0.39, 0.29) is 17.9 Å². The molecule has 4 nitrogen and oxygen atoms in total. The first-order chi connectivity index (χ1) is 6.38. The summed E-state index contributed by atoms with van der Waals surface area (Å²) in [5.41, 5.74) is -0.398. The summed E-state index contributed by atoms with van der Waals surface area (Å²) in [6.07, 6.45) is 1.63. The predicted molar refractivity (Wildman–Crippen MR) is 62.1 cm³/mol. The fourth-order valence-corrected chi connectivity index (χ4v) is 1.15. The maximum absolute atomic E-state index is 11.4. The van der Waals surface area contributed by atoms with Crippen LogP contribution in [0.5, 0.6) is 0 Å². The Morgan fingerprint density at radius 2 is 2.21 bits per heavy atom. The Balaban J connectivity index is 2.74. The second-order valence-electron chi connectivity index (χ2n) is 3.90. The molecule has 78 valence electrons. The van der Waals surface area contributed by atoms with Crippen LogP contribution in [0.15, 0.2) is 17.1 Å². The van der Waals surface area contributed by atoms with E-state index in [0.29, 0.717) is 0 Å². The van der Waals surface area contributed by atoms with Gasteiger partial charge in [0.15, 0.2) is 0 Å². The Morgan fingerprint density at radius 3 is 2.71 bits per heavy atom. The standard InChI is InChI=1S/C9H13IN2O2/c1-9(2,3)14-6-12-8(13)4-7(10)5-11-12/h4-5H,6H2,1-3H3. The van der Waals surface area contributed by atoms with Gasteiger partial charge in [0.2, 0.25) is 0 Å². The van der Waals surface area contributed by atoms with Gasteiger partial charge in [0.25, 0.3) is 5.56 Å². The second kappa shape index (κ2) is 4.39. The van der Waals surface area contributed by atoms with Gasteiger partial charge in [-0.2, -0.15) is 5.10 Å². The summed E-state index contributed by atoms with van der Waals surface area (Å²) < 4.78 is 7.57. The van der Waals surface area contributed by atoms with Crippen molar-refractivity contribution in [2.75, 3.05) is 0 Å². The number of rotatable bonds is 2. The van der Waals surface area contributed by atoms with Crippen molar-refractivity contribution in [2.24, 2.45) is 0 Å². The zero-order valence-corrected chi connectivity index (χ0v) is 10.6. The van der Waals surface area contributed by atoms with Crippen LogP contribution in [0.2, 0.25) is 0 Å². The van der Waals surface area contributed by atoms with Crippen molar-refractivity contribution in [2.45, 2.75) is 33.1 Å². The number of hydrogen-bond acceptors (Lipinski definition) is 3. The molecule has 0 aliphatic carbocycles. The van der Waals surface area contributed by atoms with Gasteiger partial charge in [0.1, 0.15) is 6.73 Å². The van der Waals surface area contributed by atoms with Gasteiger partial charge in [-0.1, -0.05) is 0 Å². The highest BCUT2D eigenvalue weighted by molar-refractivity contribution is 14.1. The van der Waals surface area contributed by atoms with Gasteiger partial charge in [0, 0.05) is 9.64 Å². The zero-order valence-electron chi connectivity index (χ0n) is 8.45. The zero-order chi connectivity index (χ0) is 10.8. The molecule has 0 aliphatic heterocycles. The van der Waals surface area contributed by atoms with E-state index in [4.69, 9.17) is 4.74 Å². The molecule has 0 atom stereocenters. The smallest absolute Gasteiger partial charge is 0.269 e. The Morgan fingerprint density at radius 1 is 1.57 bits per heavy atom. The normalized spacial score (nSPS) is 11.7. The number of nitrogens with zero attached hydrogens (tertiary/aromatic N) is 2. The monoisotopic (exact) mass is 308 g/mol. The summed E-state index contributed by atoms with van der Waals surface area (Å²) in [6.45, 7) is 6.00. The van der Waals surface area contributed by atoms with E-state index >= 15 is 0 Å². The topological polar surface area (TPSA) is 44.1 Å². The fraction of sp³-hybridized carbons (Fsp3) is 0.556. The van der Waals surface area contributed by atoms with Crippen LogP contribution in [0.4, 0.5) is 0 Å². The molecule has 0 saturated heterocycles. The average Bonchev–Trinajstić information content (AvgIpc) is 2.00. The third-order valence-corrected chi connectivity index (χ3v) is 2.05. The summed E-state index contributed by atoms with van der Waals surface area (Å²) in [5, 5.41) is 3.95. The molecule has 0 spiro atoms. The maximum Gasteiger partial charge on any atom is 0.269 e. The lowest BCUT2D eigenvalue weighted by Gasteiger charge is -2.19. The Labute approximate surface area is 96.4 Å². The molecule has 1 aromatic rings. The van der Waals surface area contributed by atoms with Gasteiger partial charge >= 0.3 is 0 Å². The molecule has 14 heavy (non-hydrogen) atoms. The van der Waals surface area contributed by atoms with Crippen molar-refractivity contribution < 1.29 is 4.74 Å². The van der Waals surface area contributed by atoms with Crippen LogP contribution >= 0.6 is 22.6 Å². The first-order valence-electron chi connectivity index (χ1n) is 4.25. The van der Waals surface area contributed by atoms with Gasteiger partial charge in [0.05, 0.1) is 11.8 Å². The van der Waals surface area contributed by atoms with Crippen molar-refractivity contribution >= 4 is 22.6 Å². The summed E-state index contributed by atoms with van der Waals surface area (Å²) in [7, 11) is 0. The molecule has 0 amide bonds. The first kappa shape index (κ1) is 11.6. The van der Waals surface area contributed by atoms with Crippen LogP contribution in [0.3, 0.4) is 0 Å². The molecule has 0 radical (unpaired) electrons. The third-order valence-electron chi connectivity index (χ3n) is 1.46. The molecule has 0 unspecified atom stereocenters. The van der Waals surface area contributed by atoms with Crippen molar-refractivity contribution in [3.05, 3.63) is 26.2 Å². The van der Waals surface area contributed by atoms with Gasteiger partial charge < -0.3 is 4.74 Å². The minimum atomic E-state index is -0.260. The molecule has 1 heterocycles. The lowest BCUT2D eigenvalue weighted by Crippen LogP contribution is -2.28. The largest absolute Gasteiger partial charge is 0.354 e. The lowest BCUT2D eigenvalue weighted by molar-refractivity contribution is -0.0498. The summed E-state index contributed by atoms with van der Waals surface area (Å²) in [4.78, 5) is 11.4. The molecule has 0 N–H and O–H groups in total. The molecule has 0 saturated carbocycles. The molecule has 1 rings (SSSR count). The SMILES string of the molecule is CC(C)(C)OCn1ncc(I)cc1=O. The Hall–Kier alpha value is -0.430. The van der Waals surface area contributed by atoms with Gasteiger partial charge in [-0.15, -0.1) is 0 Å². The highest BCUT2D eigenvalue weighted by Crippen LogP contribution is 2.06. The van der Waals surface area contributed by atoms with E-state index in [2.05, 4.69) is 27.7 Å². The molecule has 0 aliphatic rings. The molecule has 0 aromatic carbocycles. The van der Waals surface area contributed by atoms with Crippen molar-refractivity contribution in [1.82, 2.24) is 9.78 Å². The van der Waals surface area contributed by atoms with E-state index in [1.54, 1.807) is 6.20 Å². The fourth-order valence-electron chi connectivity index (χ4n) is 0.763. The first-order valence-corrected chi connectivity index (χ1v) is 5.33. The quantitative estimate of drug-likeness (QED) is 0.780. The van der Waals surface area contributed by atoms with Crippen molar-refractivity contribution in [1.29, 1.82) is 0 Å². The molecule has 5 heteroatoms. The van der Waals surface area contributed by atoms with Crippen molar-refractivity contribution in [3.63, 3.8) is 0 Å². The highest BCUT2D eigenvalue weighted by Gasteiger charge is 2.10. The summed E-state index contributed by atoms with van der Waals surface area (Å²) >= 11 is 2.05. The van der Waals surface area contributed by atoms with Crippen LogP contribution in [0.25, 0.3) is 0 Å². The maximum atomic E-state index is 11.4. The van der Waals surface area contributed by atoms with E-state index in [1.807, 2.05) is 20.8 Å². The van der Waals surface area contributed by atoms with Gasteiger partial charge in [-0.25, -0.2) is 4.68 Å². The predicted octanol–water partition coefficient (Wildman–Crippen LogP) is 1.62. The lowest BCUT2D eigenvalue weighted by atomic mass is 10.2. The van der Waals surface area contributed by atoms with E-state index in [9.17, 15) is 4.79 Å². The summed E-state index contributed by atoms with van der Waals surface area (Å²) in [6, 6.07) is 1.53. The molecular weight excluding hydrogens is 295 g/mol. The molecule has 0 fully saturated rings. The Bertz CT molecular complexity index is 368. The van der Waals surface area contributed by atoms with Gasteiger partial charge in [-0.05, 0) is 43.4 Å². The summed E-state index contributed by atoms with van der Waals surface area (Å²) in [5.74, 6) is 0. The number of hydrogen-bond donors (Lipinski definition) is 0. The minimum Gasteiger partial charge on any atom is -0.354 e. The molecule has 0 bridgehead atoms.